The lowest BCUT2D eigenvalue weighted by Gasteiger charge is -2.15. The zero-order chi connectivity index (χ0) is 12.3. The quantitative estimate of drug-likeness (QED) is 0.760. The van der Waals surface area contributed by atoms with Gasteiger partial charge in [0, 0.05) is 23.8 Å². The van der Waals surface area contributed by atoms with E-state index in [1.807, 2.05) is 12.1 Å². The molecular weight excluding hydrogens is 232 g/mol. The molecule has 0 atom stereocenters. The molecule has 0 amide bonds. The molecule has 0 radical (unpaired) electrons. The Morgan fingerprint density at radius 2 is 2.12 bits per heavy atom. The number of rotatable bonds is 6. The molecule has 2 nitrogen and oxygen atoms in total. The van der Waals surface area contributed by atoms with Gasteiger partial charge < -0.3 is 11.1 Å². The van der Waals surface area contributed by atoms with Crippen molar-refractivity contribution in [2.75, 3.05) is 12.3 Å². The van der Waals surface area contributed by atoms with Gasteiger partial charge in [0.1, 0.15) is 0 Å². The molecule has 0 spiro atoms. The molecule has 0 bridgehead atoms. The lowest BCUT2D eigenvalue weighted by molar-refractivity contribution is 0.421. The highest BCUT2D eigenvalue weighted by Gasteiger charge is 2.40. The molecule has 1 saturated carbocycles. The number of halogens is 1. The first-order chi connectivity index (χ1) is 8.13. The molecule has 3 N–H and O–H groups in total. The highest BCUT2D eigenvalue weighted by Crippen LogP contribution is 2.48. The predicted octanol–water partition coefficient (Wildman–Crippen LogP) is 3.59. The van der Waals surface area contributed by atoms with Gasteiger partial charge in [-0.2, -0.15) is 0 Å². The lowest BCUT2D eigenvalue weighted by atomic mass is 10.0. The van der Waals surface area contributed by atoms with Crippen LogP contribution in [0.15, 0.2) is 18.2 Å². The molecule has 17 heavy (non-hydrogen) atoms. The van der Waals surface area contributed by atoms with Crippen molar-refractivity contribution in [2.24, 2.45) is 5.41 Å². The van der Waals surface area contributed by atoms with Crippen LogP contribution in [-0.2, 0) is 6.54 Å². The molecule has 0 aromatic heterocycles. The van der Waals surface area contributed by atoms with Crippen LogP contribution in [0.25, 0.3) is 0 Å². The van der Waals surface area contributed by atoms with Gasteiger partial charge in [0.15, 0.2) is 0 Å². The van der Waals surface area contributed by atoms with Crippen LogP contribution in [0.1, 0.15) is 38.2 Å². The molecule has 0 aliphatic heterocycles. The van der Waals surface area contributed by atoms with Gasteiger partial charge in [-0.25, -0.2) is 0 Å². The minimum Gasteiger partial charge on any atom is -0.399 e. The van der Waals surface area contributed by atoms with Gasteiger partial charge in [-0.15, -0.1) is 0 Å². The highest BCUT2D eigenvalue weighted by atomic mass is 35.5. The van der Waals surface area contributed by atoms with E-state index in [0.717, 1.165) is 23.8 Å². The smallest absolute Gasteiger partial charge is 0.0429 e. The summed E-state index contributed by atoms with van der Waals surface area (Å²) in [5, 5.41) is 4.25. The Kier molecular flexibility index (Phi) is 3.95. The molecule has 1 aromatic carbocycles. The summed E-state index contributed by atoms with van der Waals surface area (Å²) in [5.41, 5.74) is 8.27. The summed E-state index contributed by atoms with van der Waals surface area (Å²) in [7, 11) is 0. The van der Waals surface area contributed by atoms with Crippen molar-refractivity contribution in [3.05, 3.63) is 28.8 Å². The average molecular weight is 253 g/mol. The van der Waals surface area contributed by atoms with Crippen molar-refractivity contribution in [2.45, 2.75) is 39.2 Å². The third kappa shape index (κ3) is 3.62. The van der Waals surface area contributed by atoms with Gasteiger partial charge in [0.05, 0.1) is 0 Å². The molecule has 0 saturated heterocycles. The number of nitrogen functional groups attached to an aromatic ring is 1. The number of nitrogens with two attached hydrogens (primary N) is 1. The molecule has 1 aromatic rings. The van der Waals surface area contributed by atoms with Gasteiger partial charge >= 0.3 is 0 Å². The Hall–Kier alpha value is -0.730. The molecule has 3 heteroatoms. The van der Waals surface area contributed by atoms with Crippen molar-refractivity contribution < 1.29 is 0 Å². The summed E-state index contributed by atoms with van der Waals surface area (Å²) in [6.07, 6.45) is 5.39. The third-order valence-corrected chi connectivity index (χ3v) is 3.76. The summed E-state index contributed by atoms with van der Waals surface area (Å²) in [5.74, 6) is 0. The van der Waals surface area contributed by atoms with Gasteiger partial charge in [-0.3, -0.25) is 0 Å². The first-order valence-corrected chi connectivity index (χ1v) is 6.77. The Labute approximate surface area is 109 Å². The second-order valence-corrected chi connectivity index (χ2v) is 5.68. The second kappa shape index (κ2) is 5.28. The molecule has 0 unspecified atom stereocenters. The zero-order valence-electron chi connectivity index (χ0n) is 10.4. The van der Waals surface area contributed by atoms with Crippen LogP contribution in [0.5, 0.6) is 0 Å². The number of anilines is 1. The fraction of sp³-hybridized carbons (Fsp3) is 0.571. The monoisotopic (exact) mass is 252 g/mol. The van der Waals surface area contributed by atoms with E-state index in [2.05, 4.69) is 12.2 Å². The number of hydrogen-bond donors (Lipinski definition) is 2. The van der Waals surface area contributed by atoms with Crippen molar-refractivity contribution in [1.82, 2.24) is 5.32 Å². The van der Waals surface area contributed by atoms with Crippen molar-refractivity contribution >= 4 is 17.3 Å². The summed E-state index contributed by atoms with van der Waals surface area (Å²) in [6.45, 7) is 4.24. The van der Waals surface area contributed by atoms with Gasteiger partial charge in [-0.05, 0) is 48.4 Å². The molecule has 94 valence electrons. The molecule has 1 aliphatic carbocycles. The Bertz CT molecular complexity index is 366. The molecule has 2 rings (SSSR count). The minimum atomic E-state index is 0.596. The summed E-state index contributed by atoms with van der Waals surface area (Å²) in [4.78, 5) is 0. The van der Waals surface area contributed by atoms with E-state index >= 15 is 0 Å². The summed E-state index contributed by atoms with van der Waals surface area (Å²) in [6, 6.07) is 5.74. The SMILES string of the molecule is CCCC1(CNCc2cc(N)cc(Cl)c2)CC1. The third-order valence-electron chi connectivity index (χ3n) is 3.55. The van der Waals surface area contributed by atoms with Crippen molar-refractivity contribution in [1.29, 1.82) is 0 Å². The van der Waals surface area contributed by atoms with Crippen LogP contribution in [-0.4, -0.2) is 6.54 Å². The first kappa shape index (κ1) is 12.7. The van der Waals surface area contributed by atoms with E-state index in [1.54, 1.807) is 6.07 Å². The molecular formula is C14H21ClN2. The fourth-order valence-corrected chi connectivity index (χ4v) is 2.74. The standard InChI is InChI=1S/C14H21ClN2/c1-2-3-14(4-5-14)10-17-9-11-6-12(15)8-13(16)7-11/h6-8,17H,2-5,9-10,16H2,1H3. The fourth-order valence-electron chi connectivity index (χ4n) is 2.47. The molecule has 1 aliphatic rings. The van der Waals surface area contributed by atoms with E-state index in [9.17, 15) is 0 Å². The second-order valence-electron chi connectivity index (χ2n) is 5.25. The van der Waals surface area contributed by atoms with E-state index < -0.39 is 0 Å². The number of hydrogen-bond acceptors (Lipinski definition) is 2. The van der Waals surface area contributed by atoms with Crippen LogP contribution in [0.2, 0.25) is 5.02 Å². The minimum absolute atomic E-state index is 0.596. The largest absolute Gasteiger partial charge is 0.399 e. The predicted molar refractivity (Wildman–Crippen MR) is 74.1 cm³/mol. The maximum atomic E-state index is 5.97. The van der Waals surface area contributed by atoms with E-state index in [-0.39, 0.29) is 0 Å². The number of benzene rings is 1. The van der Waals surface area contributed by atoms with Crippen LogP contribution in [0, 0.1) is 5.41 Å². The Morgan fingerprint density at radius 1 is 1.35 bits per heavy atom. The molecule has 0 heterocycles. The van der Waals surface area contributed by atoms with Crippen molar-refractivity contribution in [3.63, 3.8) is 0 Å². The van der Waals surface area contributed by atoms with Crippen LogP contribution < -0.4 is 11.1 Å². The lowest BCUT2D eigenvalue weighted by Crippen LogP contribution is -2.23. The summed E-state index contributed by atoms with van der Waals surface area (Å²) >= 11 is 5.97. The van der Waals surface area contributed by atoms with Gasteiger partial charge in [0.2, 0.25) is 0 Å². The first-order valence-electron chi connectivity index (χ1n) is 6.39. The number of nitrogens with one attached hydrogen (secondary N) is 1. The average Bonchev–Trinajstić information content (AvgIpc) is 2.97. The van der Waals surface area contributed by atoms with E-state index in [4.69, 9.17) is 17.3 Å². The van der Waals surface area contributed by atoms with Gasteiger partial charge in [-0.1, -0.05) is 24.9 Å². The Balaban J connectivity index is 1.82. The maximum absolute atomic E-state index is 5.97. The van der Waals surface area contributed by atoms with Crippen LogP contribution in [0.3, 0.4) is 0 Å². The van der Waals surface area contributed by atoms with Gasteiger partial charge in [0.25, 0.3) is 0 Å². The highest BCUT2D eigenvalue weighted by molar-refractivity contribution is 6.30. The molecule has 1 fully saturated rings. The topological polar surface area (TPSA) is 38.0 Å². The Morgan fingerprint density at radius 3 is 2.71 bits per heavy atom. The zero-order valence-corrected chi connectivity index (χ0v) is 11.2. The van der Waals surface area contributed by atoms with Crippen LogP contribution >= 0.6 is 11.6 Å². The maximum Gasteiger partial charge on any atom is 0.0429 e. The van der Waals surface area contributed by atoms with Crippen molar-refractivity contribution in [3.8, 4) is 0 Å². The van der Waals surface area contributed by atoms with Crippen LogP contribution in [0.4, 0.5) is 5.69 Å². The van der Waals surface area contributed by atoms with E-state index in [1.165, 1.54) is 31.2 Å². The normalized spacial score (nSPS) is 17.1. The summed E-state index contributed by atoms with van der Waals surface area (Å²) < 4.78 is 0. The van der Waals surface area contributed by atoms with E-state index in [0.29, 0.717) is 5.41 Å².